The van der Waals surface area contributed by atoms with Crippen molar-refractivity contribution in [2.45, 2.75) is 0 Å². The van der Waals surface area contributed by atoms with Crippen LogP contribution in [-0.2, 0) is 7.05 Å². The summed E-state index contributed by atoms with van der Waals surface area (Å²) in [6.45, 7) is 0. The lowest BCUT2D eigenvalue weighted by atomic mass is 10.1. The van der Waals surface area contributed by atoms with Crippen LogP contribution in [-0.4, -0.2) is 18.5 Å². The average molecular weight is 398 g/mol. The van der Waals surface area contributed by atoms with E-state index in [4.69, 9.17) is 4.98 Å². The van der Waals surface area contributed by atoms with Crippen LogP contribution in [0, 0.1) is 5.92 Å². The molecule has 4 heteroatoms. The van der Waals surface area contributed by atoms with Crippen LogP contribution in [0.2, 0.25) is 0 Å². The van der Waals surface area contributed by atoms with Crippen LogP contribution in [0.25, 0.3) is 56.0 Å². The van der Waals surface area contributed by atoms with Gasteiger partial charge < -0.3 is 4.57 Å². The summed E-state index contributed by atoms with van der Waals surface area (Å²) >= 11 is 0. The molecule has 0 unspecified atom stereocenters. The highest BCUT2D eigenvalue weighted by molar-refractivity contribution is 6.08. The molecule has 3 aromatic carbocycles. The molecular weight excluding hydrogens is 380 g/mol. The number of benzene rings is 3. The fourth-order valence-corrected chi connectivity index (χ4v) is 5.43. The van der Waals surface area contributed by atoms with Gasteiger partial charge in [0.2, 0.25) is 5.78 Å². The lowest BCUT2D eigenvalue weighted by Crippen LogP contribution is -2.01. The fourth-order valence-electron chi connectivity index (χ4n) is 5.43. The molecule has 0 amide bonds. The molecular formula is C27H18N4. The summed E-state index contributed by atoms with van der Waals surface area (Å²) in [4.78, 5) is 5.06. The van der Waals surface area contributed by atoms with Gasteiger partial charge in [0.05, 0.1) is 22.4 Å². The third kappa shape index (κ3) is 1.84. The van der Waals surface area contributed by atoms with Crippen LogP contribution < -0.4 is 0 Å². The van der Waals surface area contributed by atoms with Gasteiger partial charge in [-0.05, 0) is 48.0 Å². The summed E-state index contributed by atoms with van der Waals surface area (Å²) in [7, 11) is 2.14. The first-order valence-corrected chi connectivity index (χ1v) is 10.7. The van der Waals surface area contributed by atoms with E-state index in [1.807, 2.05) is 0 Å². The van der Waals surface area contributed by atoms with E-state index in [9.17, 15) is 0 Å². The summed E-state index contributed by atoms with van der Waals surface area (Å²) in [6.07, 6.45) is 6.90. The van der Waals surface area contributed by atoms with E-state index in [0.29, 0.717) is 5.92 Å². The molecule has 0 fully saturated rings. The lowest BCUT2D eigenvalue weighted by Gasteiger charge is -2.11. The normalized spacial score (nSPS) is 16.9. The number of aromatic nitrogens is 4. The Morgan fingerprint density at radius 2 is 1.65 bits per heavy atom. The zero-order chi connectivity index (χ0) is 20.3. The van der Waals surface area contributed by atoms with Gasteiger partial charge in [0, 0.05) is 40.5 Å². The standard InChI is InChI=1S/C27H18N4/c1-29-22-8-4-2-6-18(22)20-15-17(11-13-23(20)29)30-26-19-14-16(19)10-12-25(26)31-24-9-5-3-7-21(24)28-27(30)31/h2-16H,1H3/t16-/m1/s1. The zero-order valence-electron chi connectivity index (χ0n) is 16.9. The predicted octanol–water partition coefficient (Wildman–Crippen LogP) is 5.96. The number of para-hydroxylation sites is 3. The van der Waals surface area contributed by atoms with Crippen molar-refractivity contribution in [1.29, 1.82) is 0 Å². The highest BCUT2D eigenvalue weighted by Crippen LogP contribution is 2.47. The quantitative estimate of drug-likeness (QED) is 0.336. The fraction of sp³-hybridized carbons (Fsp3) is 0.0741. The molecule has 1 atom stereocenters. The lowest BCUT2D eigenvalue weighted by molar-refractivity contribution is 1.01. The van der Waals surface area contributed by atoms with Crippen LogP contribution in [0.1, 0.15) is 11.4 Å². The number of aryl methyl sites for hydroxylation is 1. The maximum Gasteiger partial charge on any atom is 0.220 e. The molecule has 3 aromatic heterocycles. The number of nitrogens with zero attached hydrogens (tertiary/aromatic N) is 4. The van der Waals surface area contributed by atoms with Crippen molar-refractivity contribution >= 4 is 50.3 Å². The van der Waals surface area contributed by atoms with Gasteiger partial charge in [0.1, 0.15) is 0 Å². The first-order valence-electron chi connectivity index (χ1n) is 10.7. The Hall–Kier alpha value is -4.05. The number of rotatable bonds is 1. The van der Waals surface area contributed by atoms with E-state index in [2.05, 4.69) is 106 Å². The highest BCUT2D eigenvalue weighted by Gasteiger charge is 2.35. The van der Waals surface area contributed by atoms with E-state index in [-0.39, 0.29) is 0 Å². The number of hydrogen-bond acceptors (Lipinski definition) is 1. The first kappa shape index (κ1) is 15.7. The molecule has 8 rings (SSSR count). The van der Waals surface area contributed by atoms with Gasteiger partial charge in [-0.3, -0.25) is 8.97 Å². The van der Waals surface area contributed by atoms with Crippen LogP contribution in [0.3, 0.4) is 0 Å². The Morgan fingerprint density at radius 1 is 0.839 bits per heavy atom. The predicted molar refractivity (Wildman–Crippen MR) is 127 cm³/mol. The van der Waals surface area contributed by atoms with E-state index in [1.165, 1.54) is 38.8 Å². The molecule has 0 radical (unpaired) electrons. The van der Waals surface area contributed by atoms with Gasteiger partial charge >= 0.3 is 0 Å². The Balaban J connectivity index is 1.53. The smallest absolute Gasteiger partial charge is 0.220 e. The molecule has 6 aromatic rings. The van der Waals surface area contributed by atoms with Crippen LogP contribution in [0.15, 0.2) is 78.9 Å². The molecule has 0 spiro atoms. The minimum Gasteiger partial charge on any atom is -0.344 e. The molecule has 146 valence electrons. The number of hydrogen-bond donors (Lipinski definition) is 0. The van der Waals surface area contributed by atoms with Gasteiger partial charge in [0.25, 0.3) is 0 Å². The van der Waals surface area contributed by atoms with Crippen molar-refractivity contribution in [3.63, 3.8) is 0 Å². The summed E-state index contributed by atoms with van der Waals surface area (Å²) in [5, 5.41) is 2.57. The highest BCUT2D eigenvalue weighted by atomic mass is 15.2. The Labute approximate surface area is 178 Å². The number of fused-ring (bicyclic) bond motifs is 10. The second-order valence-electron chi connectivity index (χ2n) is 8.59. The summed E-state index contributed by atoms with van der Waals surface area (Å²) in [5.74, 6) is 1.45. The van der Waals surface area contributed by atoms with Gasteiger partial charge in [-0.25, -0.2) is 4.98 Å². The first-order chi connectivity index (χ1) is 15.3. The molecule has 0 N–H and O–H groups in total. The topological polar surface area (TPSA) is 27.2 Å². The van der Waals surface area contributed by atoms with Crippen LogP contribution in [0.4, 0.5) is 0 Å². The van der Waals surface area contributed by atoms with Crippen molar-refractivity contribution in [1.82, 2.24) is 18.5 Å². The molecule has 0 saturated heterocycles. The Bertz CT molecular complexity index is 1800. The SMILES string of the molecule is Cn1c2ccccc2c2cc(-n3c4c(n5c6ccccc6nc35)C=C[C@@H]3C=C43)ccc21. The summed E-state index contributed by atoms with van der Waals surface area (Å²) in [5.41, 5.74) is 9.76. The third-order valence-corrected chi connectivity index (χ3v) is 6.95. The monoisotopic (exact) mass is 398 g/mol. The largest absolute Gasteiger partial charge is 0.344 e. The summed E-state index contributed by atoms with van der Waals surface area (Å²) < 4.78 is 6.94. The maximum atomic E-state index is 5.06. The second-order valence-corrected chi connectivity index (χ2v) is 8.59. The van der Waals surface area contributed by atoms with Gasteiger partial charge in [-0.1, -0.05) is 42.5 Å². The molecule has 0 saturated carbocycles. The minimum atomic E-state index is 0.471. The van der Waals surface area contributed by atoms with E-state index < -0.39 is 0 Å². The molecule has 3 heterocycles. The van der Waals surface area contributed by atoms with Crippen molar-refractivity contribution in [3.05, 3.63) is 90.3 Å². The van der Waals surface area contributed by atoms with Crippen molar-refractivity contribution < 1.29 is 0 Å². The van der Waals surface area contributed by atoms with Crippen molar-refractivity contribution in [3.8, 4) is 5.69 Å². The Morgan fingerprint density at radius 3 is 2.58 bits per heavy atom. The average Bonchev–Trinajstić information content (AvgIpc) is 3.30. The molecule has 0 aliphatic heterocycles. The zero-order valence-corrected chi connectivity index (χ0v) is 16.9. The molecule has 4 nitrogen and oxygen atoms in total. The second kappa shape index (κ2) is 5.16. The number of allylic oxidation sites excluding steroid dienone is 3. The minimum absolute atomic E-state index is 0.471. The van der Waals surface area contributed by atoms with E-state index in [1.54, 1.807) is 0 Å². The van der Waals surface area contributed by atoms with E-state index in [0.717, 1.165) is 22.5 Å². The molecule has 2 aliphatic carbocycles. The van der Waals surface area contributed by atoms with Gasteiger partial charge in [0.15, 0.2) is 0 Å². The van der Waals surface area contributed by atoms with Crippen LogP contribution >= 0.6 is 0 Å². The maximum absolute atomic E-state index is 5.06. The van der Waals surface area contributed by atoms with E-state index >= 15 is 0 Å². The number of imidazole rings is 2. The van der Waals surface area contributed by atoms with Crippen molar-refractivity contribution in [2.75, 3.05) is 0 Å². The Kier molecular flexibility index (Phi) is 2.62. The molecule has 2 aliphatic rings. The molecule has 31 heavy (non-hydrogen) atoms. The van der Waals surface area contributed by atoms with Gasteiger partial charge in [-0.2, -0.15) is 0 Å². The third-order valence-electron chi connectivity index (χ3n) is 6.95. The van der Waals surface area contributed by atoms with Gasteiger partial charge in [-0.15, -0.1) is 0 Å². The van der Waals surface area contributed by atoms with Crippen LogP contribution in [0.5, 0.6) is 0 Å². The molecule has 0 bridgehead atoms. The van der Waals surface area contributed by atoms with Crippen molar-refractivity contribution in [2.24, 2.45) is 13.0 Å². The summed E-state index contributed by atoms with van der Waals surface area (Å²) in [6, 6.07) is 23.8.